The fourth-order valence-corrected chi connectivity index (χ4v) is 5.21. The number of rotatable bonds is 2. The summed E-state index contributed by atoms with van der Waals surface area (Å²) in [5.74, 6) is -0.770. The van der Waals surface area contributed by atoms with Gasteiger partial charge in [-0.25, -0.2) is 0 Å². The van der Waals surface area contributed by atoms with Crippen LogP contribution in [0, 0.1) is 17.3 Å². The Morgan fingerprint density at radius 1 is 1.33 bits per heavy atom. The highest BCUT2D eigenvalue weighted by Gasteiger charge is 2.59. The minimum absolute atomic E-state index is 0.0658. The topological polar surface area (TPSA) is 72.8 Å². The summed E-state index contributed by atoms with van der Waals surface area (Å²) in [6, 6.07) is 0. The summed E-state index contributed by atoms with van der Waals surface area (Å²) in [5, 5.41) is 11.1. The summed E-state index contributed by atoms with van der Waals surface area (Å²) in [6.07, 6.45) is 3.36. The van der Waals surface area contributed by atoms with Gasteiger partial charge in [-0.05, 0) is 44.4 Å². The van der Waals surface area contributed by atoms with Crippen LogP contribution in [0.2, 0.25) is 0 Å². The van der Waals surface area contributed by atoms with Gasteiger partial charge < -0.3 is 14.6 Å². The quantitative estimate of drug-likeness (QED) is 0.582. The van der Waals surface area contributed by atoms with Gasteiger partial charge in [-0.3, -0.25) is 9.59 Å². The summed E-state index contributed by atoms with van der Waals surface area (Å²) in [6.45, 7) is 15.1. The summed E-state index contributed by atoms with van der Waals surface area (Å²) < 4.78 is 12.1. The van der Waals surface area contributed by atoms with Crippen molar-refractivity contribution in [3.63, 3.8) is 0 Å². The van der Waals surface area contributed by atoms with Gasteiger partial charge in [-0.15, -0.1) is 6.58 Å². The zero-order valence-corrected chi connectivity index (χ0v) is 17.7. The van der Waals surface area contributed by atoms with Crippen molar-refractivity contribution < 1.29 is 24.2 Å². The highest BCUT2D eigenvalue weighted by molar-refractivity contribution is 5.85. The molecule has 1 N–H and O–H groups in total. The van der Waals surface area contributed by atoms with E-state index in [2.05, 4.69) is 27.4 Å². The molecule has 0 aromatic heterocycles. The van der Waals surface area contributed by atoms with Gasteiger partial charge in [0.05, 0.1) is 17.6 Å². The van der Waals surface area contributed by atoms with Crippen LogP contribution in [0.3, 0.4) is 0 Å². The fourth-order valence-electron chi connectivity index (χ4n) is 5.21. The van der Waals surface area contributed by atoms with Crippen LogP contribution in [0.5, 0.6) is 0 Å². The predicted molar refractivity (Wildman–Crippen MR) is 104 cm³/mol. The molecule has 0 aromatic carbocycles. The molecule has 5 unspecified atom stereocenters. The second-order valence-corrected chi connectivity index (χ2v) is 9.76. The Hall–Kier alpha value is -1.20. The van der Waals surface area contributed by atoms with E-state index in [1.807, 2.05) is 13.8 Å². The molecule has 2 rings (SSSR count). The zero-order valence-electron chi connectivity index (χ0n) is 17.7. The first-order valence-electron chi connectivity index (χ1n) is 10.1. The molecule has 0 amide bonds. The maximum absolute atomic E-state index is 13.2. The molecule has 1 aliphatic heterocycles. The lowest BCUT2D eigenvalue weighted by molar-refractivity contribution is -0.250. The average molecular weight is 381 g/mol. The van der Waals surface area contributed by atoms with Crippen molar-refractivity contribution in [3.05, 3.63) is 12.7 Å². The van der Waals surface area contributed by atoms with E-state index >= 15 is 0 Å². The van der Waals surface area contributed by atoms with E-state index in [9.17, 15) is 14.7 Å². The van der Waals surface area contributed by atoms with Gasteiger partial charge in [0, 0.05) is 13.3 Å². The number of fused-ring (bicyclic) bond motifs is 1. The number of carbonyl (C=O) groups excluding carboxylic acids is 2. The summed E-state index contributed by atoms with van der Waals surface area (Å²) in [5.41, 5.74) is -2.06. The Morgan fingerprint density at radius 2 is 1.96 bits per heavy atom. The molecular formula is C22H36O5. The van der Waals surface area contributed by atoms with Crippen LogP contribution in [0.1, 0.15) is 73.6 Å². The van der Waals surface area contributed by atoms with Crippen LogP contribution in [0.15, 0.2) is 12.7 Å². The van der Waals surface area contributed by atoms with Crippen LogP contribution >= 0.6 is 0 Å². The van der Waals surface area contributed by atoms with E-state index in [1.54, 1.807) is 6.08 Å². The molecule has 6 atom stereocenters. The Labute approximate surface area is 163 Å². The Kier molecular flexibility index (Phi) is 6.27. The van der Waals surface area contributed by atoms with E-state index in [0.717, 1.165) is 19.3 Å². The third kappa shape index (κ3) is 4.62. The average Bonchev–Trinajstić information content (AvgIpc) is 2.49. The summed E-state index contributed by atoms with van der Waals surface area (Å²) in [4.78, 5) is 25.1. The van der Waals surface area contributed by atoms with Crippen LogP contribution in [-0.4, -0.2) is 40.3 Å². The second-order valence-electron chi connectivity index (χ2n) is 9.76. The summed E-state index contributed by atoms with van der Waals surface area (Å²) in [7, 11) is 0. The molecule has 0 aromatic rings. The minimum atomic E-state index is -1.11. The van der Waals surface area contributed by atoms with Crippen LogP contribution in [0.4, 0.5) is 0 Å². The van der Waals surface area contributed by atoms with E-state index in [1.165, 1.54) is 6.92 Å². The Morgan fingerprint density at radius 3 is 2.52 bits per heavy atom. The number of carbonyl (C=O) groups is 2. The van der Waals surface area contributed by atoms with Gasteiger partial charge >= 0.3 is 5.97 Å². The molecule has 0 spiro atoms. The van der Waals surface area contributed by atoms with Gasteiger partial charge in [0.15, 0.2) is 6.10 Å². The van der Waals surface area contributed by atoms with Crippen molar-refractivity contribution in [2.24, 2.45) is 17.3 Å². The maximum atomic E-state index is 13.2. The van der Waals surface area contributed by atoms with Crippen LogP contribution in [-0.2, 0) is 19.1 Å². The molecule has 27 heavy (non-hydrogen) atoms. The molecular weight excluding hydrogens is 344 g/mol. The van der Waals surface area contributed by atoms with Gasteiger partial charge in [0.1, 0.15) is 11.4 Å². The lowest BCUT2D eigenvalue weighted by Crippen LogP contribution is -2.65. The third-order valence-electron chi connectivity index (χ3n) is 6.43. The molecule has 5 nitrogen and oxygen atoms in total. The molecule has 1 heterocycles. The van der Waals surface area contributed by atoms with Crippen LogP contribution < -0.4 is 0 Å². The number of hydrogen-bond donors (Lipinski definition) is 1. The Bertz CT molecular complexity index is 598. The number of ether oxygens (including phenoxy) is 2. The first-order chi connectivity index (χ1) is 12.3. The van der Waals surface area contributed by atoms with Crippen molar-refractivity contribution in [1.82, 2.24) is 0 Å². The van der Waals surface area contributed by atoms with Crippen molar-refractivity contribution in [2.45, 2.75) is 97.1 Å². The molecule has 1 aliphatic carbocycles. The summed E-state index contributed by atoms with van der Waals surface area (Å²) >= 11 is 0. The fraction of sp³-hybridized carbons (Fsp3) is 0.818. The van der Waals surface area contributed by atoms with Crippen molar-refractivity contribution in [3.8, 4) is 0 Å². The molecule has 0 bridgehead atoms. The smallest absolute Gasteiger partial charge is 0.303 e. The van der Waals surface area contributed by atoms with E-state index in [4.69, 9.17) is 9.47 Å². The normalized spacial score (nSPS) is 42.7. The lowest BCUT2D eigenvalue weighted by atomic mass is 9.64. The highest BCUT2D eigenvalue weighted by atomic mass is 16.6. The first kappa shape index (κ1) is 22.1. The number of Topliss-reactive ketones (excluding diaryl/α,β-unsaturated/α-hetero) is 1. The standard InChI is InChI=1S/C22H36O5/c1-8-21(6)13-16(24)18-14(2)10-9-11-20(4,5)12-17(25)19(26-15(3)23)22(18,7)27-21/h8,14,17-19,25H,1,9-13H2,2-7H3/t14?,17?,18?,19?,21-,22?/m0/s1. The monoisotopic (exact) mass is 380 g/mol. The number of aliphatic hydroxyl groups is 1. The number of hydrogen-bond acceptors (Lipinski definition) is 5. The van der Waals surface area contributed by atoms with Gasteiger partial charge in [0.25, 0.3) is 0 Å². The molecule has 1 saturated carbocycles. The largest absolute Gasteiger partial charge is 0.457 e. The van der Waals surface area contributed by atoms with Gasteiger partial charge in [-0.1, -0.05) is 33.3 Å². The van der Waals surface area contributed by atoms with Gasteiger partial charge in [0.2, 0.25) is 0 Å². The molecule has 1 saturated heterocycles. The van der Waals surface area contributed by atoms with Crippen molar-refractivity contribution in [2.75, 3.05) is 0 Å². The molecule has 2 aliphatic rings. The second kappa shape index (κ2) is 7.67. The van der Waals surface area contributed by atoms with Crippen LogP contribution in [0.25, 0.3) is 0 Å². The minimum Gasteiger partial charge on any atom is -0.457 e. The van der Waals surface area contributed by atoms with Crippen molar-refractivity contribution in [1.29, 1.82) is 0 Å². The SMILES string of the molecule is C=C[C@@]1(C)CC(=O)C2C(C)CCCC(C)(C)CC(O)C(OC(C)=O)C2(C)O1. The highest BCUT2D eigenvalue weighted by Crippen LogP contribution is 2.48. The van der Waals surface area contributed by atoms with Crippen molar-refractivity contribution >= 4 is 11.8 Å². The lowest BCUT2D eigenvalue weighted by Gasteiger charge is -2.54. The van der Waals surface area contributed by atoms with E-state index in [0.29, 0.717) is 6.42 Å². The molecule has 2 fully saturated rings. The van der Waals surface area contributed by atoms with Gasteiger partial charge in [-0.2, -0.15) is 0 Å². The first-order valence-corrected chi connectivity index (χ1v) is 10.1. The zero-order chi connectivity index (χ0) is 20.6. The third-order valence-corrected chi connectivity index (χ3v) is 6.43. The molecule has 154 valence electrons. The molecule has 5 heteroatoms. The van der Waals surface area contributed by atoms with E-state index < -0.39 is 35.3 Å². The Balaban J connectivity index is 2.58. The predicted octanol–water partition coefficient (Wildman–Crippen LogP) is 3.82. The van der Waals surface area contributed by atoms with E-state index in [-0.39, 0.29) is 23.5 Å². The molecule has 0 radical (unpaired) electrons. The maximum Gasteiger partial charge on any atom is 0.303 e. The number of aliphatic hydroxyl groups excluding tert-OH is 1. The number of esters is 1. The number of ketones is 1.